The van der Waals surface area contributed by atoms with E-state index in [9.17, 15) is 33.2 Å². The molecule has 12 nitrogen and oxygen atoms in total. The Morgan fingerprint density at radius 1 is 0.949 bits per heavy atom. The first-order chi connectivity index (χ1) is 28.3. The highest BCUT2D eigenvalue weighted by Gasteiger charge is 2.31. The quantitative estimate of drug-likeness (QED) is 0.0602. The molecule has 1 fully saturated rings. The van der Waals surface area contributed by atoms with Gasteiger partial charge in [-0.2, -0.15) is 0 Å². The number of sulfonamides is 1. The van der Waals surface area contributed by atoms with Gasteiger partial charge in [-0.3, -0.25) is 19.8 Å². The predicted octanol–water partition coefficient (Wildman–Crippen LogP) is 8.12. The number of hydrogen-bond donors (Lipinski definition) is 2. The van der Waals surface area contributed by atoms with Crippen molar-refractivity contribution in [2.75, 3.05) is 64.0 Å². The van der Waals surface area contributed by atoms with Crippen molar-refractivity contribution >= 4 is 62.2 Å². The van der Waals surface area contributed by atoms with Crippen molar-refractivity contribution < 1.29 is 28.0 Å². The summed E-state index contributed by atoms with van der Waals surface area (Å²) in [5, 5.41) is 23.3. The number of carboxylic acids is 1. The number of nitrogens with zero attached hydrogens (tertiary/aromatic N) is 4. The number of carbonyl (C=O) groups excluding carboxylic acids is 1. The minimum absolute atomic E-state index is 0.0447. The fourth-order valence-electron chi connectivity index (χ4n) is 7.70. The minimum Gasteiger partial charge on any atom is -0.478 e. The number of benzene rings is 4. The number of carboxylic acid groups (broad SMARTS) is 1. The molecule has 0 unspecified atom stereocenters. The van der Waals surface area contributed by atoms with Gasteiger partial charge in [0.25, 0.3) is 21.6 Å². The van der Waals surface area contributed by atoms with Gasteiger partial charge >= 0.3 is 5.97 Å². The van der Waals surface area contributed by atoms with Crippen LogP contribution in [0.1, 0.15) is 63.9 Å². The molecule has 2 aliphatic rings. The molecule has 15 heteroatoms. The first-order valence-electron chi connectivity index (χ1n) is 19.8. The normalized spacial score (nSPS) is 15.6. The van der Waals surface area contributed by atoms with Crippen LogP contribution in [0.2, 0.25) is 5.02 Å². The summed E-state index contributed by atoms with van der Waals surface area (Å²) in [5.41, 5.74) is 3.94. The Kier molecular flexibility index (Phi) is 14.9. The lowest BCUT2D eigenvalue weighted by molar-refractivity contribution is -0.385. The minimum atomic E-state index is -4.71. The number of allylic oxidation sites excluding steroid dienone is 1. The van der Waals surface area contributed by atoms with Crippen LogP contribution < -0.4 is 9.62 Å². The van der Waals surface area contributed by atoms with Gasteiger partial charge < -0.3 is 14.9 Å². The maximum Gasteiger partial charge on any atom is 0.336 e. The van der Waals surface area contributed by atoms with Gasteiger partial charge in [0.05, 0.1) is 15.4 Å². The van der Waals surface area contributed by atoms with E-state index in [1.807, 2.05) is 66.2 Å². The van der Waals surface area contributed by atoms with Crippen molar-refractivity contribution in [3.05, 3.63) is 134 Å². The number of nitro benzene ring substituents is 1. The summed E-state index contributed by atoms with van der Waals surface area (Å²) in [7, 11) is -0.891. The molecule has 1 atom stereocenters. The van der Waals surface area contributed by atoms with E-state index in [2.05, 4.69) is 21.9 Å². The van der Waals surface area contributed by atoms with Crippen molar-refractivity contribution in [1.82, 2.24) is 14.5 Å². The van der Waals surface area contributed by atoms with E-state index in [0.717, 1.165) is 73.3 Å². The van der Waals surface area contributed by atoms with Crippen LogP contribution in [0.5, 0.6) is 0 Å². The van der Waals surface area contributed by atoms with Gasteiger partial charge in [-0.1, -0.05) is 47.5 Å². The van der Waals surface area contributed by atoms with Gasteiger partial charge in [0.2, 0.25) is 0 Å². The molecule has 1 saturated heterocycles. The fraction of sp³-hybridized carbons (Fsp3) is 0.364. The molecule has 0 aromatic heterocycles. The van der Waals surface area contributed by atoms with E-state index in [0.29, 0.717) is 18.7 Å². The number of amides is 1. The van der Waals surface area contributed by atoms with Crippen molar-refractivity contribution in [1.29, 1.82) is 0 Å². The maximum atomic E-state index is 13.6. The van der Waals surface area contributed by atoms with Crippen LogP contribution in [0.15, 0.2) is 106 Å². The fourth-order valence-corrected chi connectivity index (χ4v) is 9.91. The number of aromatic carboxylic acids is 1. The molecule has 0 radical (unpaired) electrons. The van der Waals surface area contributed by atoms with Crippen molar-refractivity contribution in [2.45, 2.75) is 48.3 Å². The van der Waals surface area contributed by atoms with Crippen LogP contribution in [-0.4, -0.2) is 99.2 Å². The highest BCUT2D eigenvalue weighted by atomic mass is 35.5. The Morgan fingerprint density at radius 3 is 2.27 bits per heavy atom. The monoisotopic (exact) mass is 859 g/mol. The number of nitro groups is 1. The third kappa shape index (κ3) is 11.7. The molecular formula is C44H50ClN5O7S2. The molecule has 6 rings (SSSR count). The number of nitrogens with one attached hydrogen (secondary N) is 1. The lowest BCUT2D eigenvalue weighted by atomic mass is 9.87. The summed E-state index contributed by atoms with van der Waals surface area (Å²) in [4.78, 5) is 44.5. The number of piperazine rings is 1. The summed E-state index contributed by atoms with van der Waals surface area (Å²) in [6.45, 7) is 4.89. The SMILES string of the molecule is CN(C)CC[C@H](CSc1ccccc1)Cc1c(C(=O)O)cc(S(=O)(=O)NC(=O)c2ccc(N3CCN(CC4=C(c5ccc(Cl)cc5)CCCC4)CC3)cc2)cc1[N+](=O)[O-]. The molecule has 0 saturated carbocycles. The number of hydrogen-bond acceptors (Lipinski definition) is 10. The highest BCUT2D eigenvalue weighted by molar-refractivity contribution is 7.99. The molecule has 1 aliphatic heterocycles. The molecule has 312 valence electrons. The standard InChI is InChI=1S/C44H50ClN5O7S2/c1-47(2)21-20-31(30-58-37-9-4-3-5-10-37)26-40-41(44(52)53)27-38(28-42(40)50(54)55)59(56,57)46-43(51)33-14-18-36(19-15-33)49-24-22-48(23-25-49)29-34-8-6-7-11-39(34)32-12-16-35(45)17-13-32/h3-5,9-10,12-19,27-28,31H,6-8,11,20-26,29-30H2,1-2H3,(H,46,51)(H,52,53)/t31-/m0/s1. The lowest BCUT2D eigenvalue weighted by Crippen LogP contribution is -2.47. The smallest absolute Gasteiger partial charge is 0.336 e. The van der Waals surface area contributed by atoms with Gasteiger partial charge in [-0.05, 0) is 131 Å². The first kappa shape index (κ1) is 43.8. The molecular weight excluding hydrogens is 810 g/mol. The average molecular weight is 860 g/mol. The van der Waals surface area contributed by atoms with E-state index in [4.69, 9.17) is 11.6 Å². The van der Waals surface area contributed by atoms with Crippen LogP contribution in [0, 0.1) is 16.0 Å². The third-order valence-corrected chi connectivity index (χ3v) is 13.7. The van der Waals surface area contributed by atoms with Gasteiger partial charge in [0.15, 0.2) is 0 Å². The van der Waals surface area contributed by atoms with Crippen LogP contribution >= 0.6 is 23.4 Å². The molecule has 1 heterocycles. The molecule has 4 aromatic carbocycles. The molecule has 59 heavy (non-hydrogen) atoms. The predicted molar refractivity (Wildman–Crippen MR) is 234 cm³/mol. The maximum absolute atomic E-state index is 13.6. The summed E-state index contributed by atoms with van der Waals surface area (Å²) in [6.07, 6.45) is 5.20. The topological polar surface area (TPSA) is 153 Å². The number of carbonyl (C=O) groups is 2. The van der Waals surface area contributed by atoms with Crippen LogP contribution in [0.3, 0.4) is 0 Å². The summed E-state index contributed by atoms with van der Waals surface area (Å²) < 4.78 is 29.1. The summed E-state index contributed by atoms with van der Waals surface area (Å²) in [5.74, 6) is -2.05. The average Bonchev–Trinajstić information content (AvgIpc) is 3.22. The molecule has 0 spiro atoms. The third-order valence-electron chi connectivity index (χ3n) is 10.9. The second-order valence-corrected chi connectivity index (χ2v) is 18.6. The molecule has 4 aromatic rings. The van der Waals surface area contributed by atoms with Gasteiger partial charge in [-0.25, -0.2) is 17.9 Å². The number of thioether (sulfide) groups is 1. The molecule has 1 aliphatic carbocycles. The lowest BCUT2D eigenvalue weighted by Gasteiger charge is -2.37. The Hall–Kier alpha value is -4.73. The van der Waals surface area contributed by atoms with Gasteiger partial charge in [0.1, 0.15) is 0 Å². The first-order valence-corrected chi connectivity index (χ1v) is 22.6. The van der Waals surface area contributed by atoms with E-state index < -0.39 is 43.0 Å². The number of anilines is 1. The Bertz CT molecular complexity index is 2230. The molecule has 0 bridgehead atoms. The van der Waals surface area contributed by atoms with Crippen LogP contribution in [0.25, 0.3) is 5.57 Å². The van der Waals surface area contributed by atoms with E-state index >= 15 is 0 Å². The second-order valence-electron chi connectivity index (χ2n) is 15.4. The Balaban J connectivity index is 1.11. The van der Waals surface area contributed by atoms with Crippen LogP contribution in [-0.2, 0) is 16.4 Å². The Labute approximate surface area is 355 Å². The molecule has 2 N–H and O–H groups in total. The van der Waals surface area contributed by atoms with E-state index in [1.165, 1.54) is 41.7 Å². The van der Waals surface area contributed by atoms with E-state index in [-0.39, 0.29) is 23.5 Å². The zero-order chi connectivity index (χ0) is 42.1. The van der Waals surface area contributed by atoms with Crippen molar-refractivity contribution in [3.8, 4) is 0 Å². The van der Waals surface area contributed by atoms with Gasteiger partial charge in [-0.15, -0.1) is 11.8 Å². The molecule has 1 amide bonds. The zero-order valence-electron chi connectivity index (χ0n) is 33.3. The summed E-state index contributed by atoms with van der Waals surface area (Å²) in [6, 6.07) is 26.1. The highest BCUT2D eigenvalue weighted by Crippen LogP contribution is 2.35. The van der Waals surface area contributed by atoms with E-state index in [1.54, 1.807) is 23.9 Å². The van der Waals surface area contributed by atoms with Crippen molar-refractivity contribution in [3.63, 3.8) is 0 Å². The Morgan fingerprint density at radius 2 is 1.63 bits per heavy atom. The summed E-state index contributed by atoms with van der Waals surface area (Å²) >= 11 is 7.71. The number of halogens is 1. The van der Waals surface area contributed by atoms with Crippen molar-refractivity contribution in [2.24, 2.45) is 5.92 Å². The van der Waals surface area contributed by atoms with Crippen LogP contribution in [0.4, 0.5) is 11.4 Å². The van der Waals surface area contributed by atoms with Gasteiger partial charge in [0, 0.05) is 71.3 Å². The second kappa shape index (κ2) is 20.0. The zero-order valence-corrected chi connectivity index (χ0v) is 35.7. The largest absolute Gasteiger partial charge is 0.478 e. The number of rotatable bonds is 17.